The summed E-state index contributed by atoms with van der Waals surface area (Å²) < 4.78 is 14.1. The zero-order chi connectivity index (χ0) is 17.8. The number of hydrogen-bond acceptors (Lipinski definition) is 0. The molecule has 0 spiro atoms. The molecule has 0 fully saturated rings. The fourth-order valence-electron chi connectivity index (χ4n) is 3.13. The molecule has 2 heteroatoms. The van der Waals surface area contributed by atoms with Gasteiger partial charge in [0.05, 0.1) is 0 Å². The van der Waals surface area contributed by atoms with Gasteiger partial charge in [0.2, 0.25) is 0 Å². The largest absolute Gasteiger partial charge is 0.207 e. The first-order valence-electron chi connectivity index (χ1n) is 8.58. The van der Waals surface area contributed by atoms with Crippen LogP contribution in [-0.4, -0.2) is 0 Å². The molecule has 0 heterocycles. The van der Waals surface area contributed by atoms with Crippen molar-refractivity contribution in [3.05, 3.63) is 115 Å². The number of benzene rings is 4. The van der Waals surface area contributed by atoms with E-state index in [4.69, 9.17) is 0 Å². The molecule has 0 radical (unpaired) electrons. The summed E-state index contributed by atoms with van der Waals surface area (Å²) in [6, 6.07) is 36.2. The minimum Gasteiger partial charge on any atom is -0.207 e. The predicted molar refractivity (Wildman–Crippen MR) is 111 cm³/mol. The summed E-state index contributed by atoms with van der Waals surface area (Å²) in [5, 5.41) is 3.69. The summed E-state index contributed by atoms with van der Waals surface area (Å²) >= 11 is 0. The van der Waals surface area contributed by atoms with E-state index < -0.39 is 7.92 Å². The maximum absolute atomic E-state index is 14.1. The molecule has 0 saturated carbocycles. The lowest BCUT2D eigenvalue weighted by Gasteiger charge is -2.22. The molecule has 4 aromatic rings. The van der Waals surface area contributed by atoms with E-state index in [0.29, 0.717) is 0 Å². The van der Waals surface area contributed by atoms with E-state index in [0.717, 1.165) is 11.1 Å². The third-order valence-corrected chi connectivity index (χ3v) is 6.81. The first-order chi connectivity index (χ1) is 12.8. The second-order valence-corrected chi connectivity index (χ2v) is 8.22. The van der Waals surface area contributed by atoms with E-state index in [1.165, 1.54) is 15.9 Å². The molecule has 0 bridgehead atoms. The Morgan fingerprint density at radius 2 is 1.04 bits per heavy atom. The van der Waals surface area contributed by atoms with Gasteiger partial charge in [0.25, 0.3) is 0 Å². The molecule has 0 atom stereocenters. The average Bonchev–Trinajstić information content (AvgIpc) is 2.71. The van der Waals surface area contributed by atoms with Gasteiger partial charge in [-0.2, -0.15) is 0 Å². The Labute approximate surface area is 154 Å². The van der Waals surface area contributed by atoms with E-state index in [1.807, 2.05) is 48.5 Å². The third kappa shape index (κ3) is 3.45. The number of halogens is 1. The van der Waals surface area contributed by atoms with E-state index in [2.05, 4.69) is 48.5 Å². The smallest absolute Gasteiger partial charge is 0.123 e. The second kappa shape index (κ2) is 7.64. The van der Waals surface area contributed by atoms with E-state index in [1.54, 1.807) is 12.1 Å². The van der Waals surface area contributed by atoms with Gasteiger partial charge in [0.1, 0.15) is 5.82 Å². The normalized spacial score (nSPS) is 10.8. The summed E-state index contributed by atoms with van der Waals surface area (Å²) in [5.41, 5.74) is 2.01. The van der Waals surface area contributed by atoms with Crippen LogP contribution in [0.5, 0.6) is 0 Å². The van der Waals surface area contributed by atoms with Crippen molar-refractivity contribution in [2.45, 2.75) is 0 Å². The maximum Gasteiger partial charge on any atom is 0.123 e. The highest BCUT2D eigenvalue weighted by Crippen LogP contribution is 2.37. The van der Waals surface area contributed by atoms with Gasteiger partial charge in [-0.1, -0.05) is 97.1 Å². The molecule has 0 N–H and O–H groups in total. The van der Waals surface area contributed by atoms with Crippen LogP contribution in [0.25, 0.3) is 11.1 Å². The van der Waals surface area contributed by atoms with Gasteiger partial charge in [-0.05, 0) is 47.1 Å². The number of hydrogen-bond donors (Lipinski definition) is 0. The molecule has 126 valence electrons. The van der Waals surface area contributed by atoms with Crippen LogP contribution in [-0.2, 0) is 0 Å². The van der Waals surface area contributed by atoms with Crippen LogP contribution >= 0.6 is 7.92 Å². The lowest BCUT2D eigenvalue weighted by molar-refractivity contribution is 0.628. The standard InChI is InChI=1S/C24H18FP/c25-20-16-17-24(23(18-20)19-10-4-1-5-11-19)26(21-12-6-2-7-13-21)22-14-8-3-9-15-22/h1-18H. The third-order valence-electron chi connectivity index (χ3n) is 4.31. The molecule has 0 aliphatic carbocycles. The lowest BCUT2D eigenvalue weighted by Crippen LogP contribution is -2.22. The fraction of sp³-hybridized carbons (Fsp3) is 0. The zero-order valence-corrected chi connectivity index (χ0v) is 15.1. The monoisotopic (exact) mass is 356 g/mol. The summed E-state index contributed by atoms with van der Waals surface area (Å²) in [7, 11) is -0.769. The molecular formula is C24H18FP. The summed E-state index contributed by atoms with van der Waals surface area (Å²) in [5.74, 6) is -0.205. The van der Waals surface area contributed by atoms with Crippen molar-refractivity contribution in [2.24, 2.45) is 0 Å². The first kappa shape index (κ1) is 16.7. The van der Waals surface area contributed by atoms with Gasteiger partial charge < -0.3 is 0 Å². The Bertz CT molecular complexity index is 943. The Balaban J connectivity index is 1.95. The molecule has 0 aliphatic heterocycles. The molecule has 0 saturated heterocycles. The van der Waals surface area contributed by atoms with Crippen molar-refractivity contribution < 1.29 is 4.39 Å². The molecule has 0 nitrogen and oxygen atoms in total. The van der Waals surface area contributed by atoms with Crippen LogP contribution < -0.4 is 15.9 Å². The van der Waals surface area contributed by atoms with Crippen LogP contribution in [0.15, 0.2) is 109 Å². The maximum atomic E-state index is 14.1. The topological polar surface area (TPSA) is 0 Å². The van der Waals surface area contributed by atoms with Crippen LogP contribution in [0, 0.1) is 5.82 Å². The SMILES string of the molecule is Fc1ccc(P(c2ccccc2)c2ccccc2)c(-c2ccccc2)c1. The van der Waals surface area contributed by atoms with E-state index in [9.17, 15) is 4.39 Å². The summed E-state index contributed by atoms with van der Waals surface area (Å²) in [6.45, 7) is 0. The molecule has 0 amide bonds. The molecule has 0 aromatic heterocycles. The second-order valence-electron chi connectivity index (χ2n) is 6.03. The van der Waals surface area contributed by atoms with Crippen molar-refractivity contribution in [3.8, 4) is 11.1 Å². The summed E-state index contributed by atoms with van der Waals surface area (Å²) in [6.07, 6.45) is 0. The van der Waals surface area contributed by atoms with Crippen LogP contribution in [0.2, 0.25) is 0 Å². The van der Waals surface area contributed by atoms with Crippen molar-refractivity contribution >= 4 is 23.8 Å². The minimum absolute atomic E-state index is 0.205. The Morgan fingerprint density at radius 3 is 1.58 bits per heavy atom. The fourth-order valence-corrected chi connectivity index (χ4v) is 5.59. The highest BCUT2D eigenvalue weighted by Gasteiger charge is 2.20. The lowest BCUT2D eigenvalue weighted by atomic mass is 10.1. The Morgan fingerprint density at radius 1 is 0.538 bits per heavy atom. The highest BCUT2D eigenvalue weighted by molar-refractivity contribution is 7.80. The molecule has 26 heavy (non-hydrogen) atoms. The van der Waals surface area contributed by atoms with Crippen LogP contribution in [0.4, 0.5) is 4.39 Å². The highest BCUT2D eigenvalue weighted by atomic mass is 31.1. The van der Waals surface area contributed by atoms with Gasteiger partial charge in [-0.25, -0.2) is 4.39 Å². The van der Waals surface area contributed by atoms with Crippen molar-refractivity contribution in [1.29, 1.82) is 0 Å². The van der Waals surface area contributed by atoms with Gasteiger partial charge in [0.15, 0.2) is 0 Å². The Kier molecular flexibility index (Phi) is 4.91. The molecule has 4 aromatic carbocycles. The molecule has 0 unspecified atom stereocenters. The first-order valence-corrected chi connectivity index (χ1v) is 9.92. The van der Waals surface area contributed by atoms with Gasteiger partial charge >= 0.3 is 0 Å². The van der Waals surface area contributed by atoms with E-state index >= 15 is 0 Å². The summed E-state index contributed by atoms with van der Waals surface area (Å²) in [4.78, 5) is 0. The van der Waals surface area contributed by atoms with E-state index in [-0.39, 0.29) is 5.82 Å². The predicted octanol–water partition coefficient (Wildman–Crippen LogP) is 5.25. The van der Waals surface area contributed by atoms with Crippen molar-refractivity contribution in [1.82, 2.24) is 0 Å². The van der Waals surface area contributed by atoms with Gasteiger partial charge in [0, 0.05) is 0 Å². The quantitative estimate of drug-likeness (QED) is 0.438. The average molecular weight is 356 g/mol. The van der Waals surface area contributed by atoms with Gasteiger partial charge in [-0.3, -0.25) is 0 Å². The number of rotatable bonds is 4. The Hall–Kier alpha value is -2.76. The van der Waals surface area contributed by atoms with Gasteiger partial charge in [-0.15, -0.1) is 0 Å². The molecule has 4 rings (SSSR count). The van der Waals surface area contributed by atoms with Crippen molar-refractivity contribution in [3.63, 3.8) is 0 Å². The van der Waals surface area contributed by atoms with Crippen LogP contribution in [0.1, 0.15) is 0 Å². The van der Waals surface area contributed by atoms with Crippen LogP contribution in [0.3, 0.4) is 0 Å². The molecule has 0 aliphatic rings. The minimum atomic E-state index is -0.769. The molecular weight excluding hydrogens is 338 g/mol. The van der Waals surface area contributed by atoms with Crippen molar-refractivity contribution in [2.75, 3.05) is 0 Å². The zero-order valence-electron chi connectivity index (χ0n) is 14.2.